The summed E-state index contributed by atoms with van der Waals surface area (Å²) in [6.07, 6.45) is 0.552. The fourth-order valence-corrected chi connectivity index (χ4v) is 3.90. The smallest absolute Gasteiger partial charge is 0.326 e. The molecule has 7 nitrogen and oxygen atoms in total. The van der Waals surface area contributed by atoms with Gasteiger partial charge in [-0.2, -0.15) is 0 Å². The molecule has 2 aliphatic heterocycles. The Hall–Kier alpha value is -4.07. The summed E-state index contributed by atoms with van der Waals surface area (Å²) in [4.78, 5) is 27.4. The zero-order valence-electron chi connectivity index (χ0n) is 17.1. The number of hydrogen-bond acceptors (Lipinski definition) is 4. The van der Waals surface area contributed by atoms with Crippen molar-refractivity contribution in [3.63, 3.8) is 0 Å². The Labute approximate surface area is 183 Å². The summed E-state index contributed by atoms with van der Waals surface area (Å²) in [5, 5.41) is 5.66. The number of rotatable bonds is 3. The Morgan fingerprint density at radius 2 is 1.62 bits per heavy atom. The van der Waals surface area contributed by atoms with Gasteiger partial charge in [0.15, 0.2) is 11.5 Å². The number of carbonyl (C=O) groups is 2. The minimum Gasteiger partial charge on any atom is -0.486 e. The van der Waals surface area contributed by atoms with Gasteiger partial charge in [0.2, 0.25) is 0 Å². The molecule has 162 valence electrons. The van der Waals surface area contributed by atoms with E-state index in [4.69, 9.17) is 9.47 Å². The molecule has 0 saturated heterocycles. The first-order valence-electron chi connectivity index (χ1n) is 10.3. The van der Waals surface area contributed by atoms with Gasteiger partial charge in [-0.3, -0.25) is 9.69 Å². The van der Waals surface area contributed by atoms with E-state index in [0.717, 1.165) is 5.56 Å². The second-order valence-corrected chi connectivity index (χ2v) is 7.45. The van der Waals surface area contributed by atoms with E-state index in [2.05, 4.69) is 10.6 Å². The van der Waals surface area contributed by atoms with Gasteiger partial charge >= 0.3 is 6.03 Å². The fraction of sp³-hybridized carbons (Fsp3) is 0.167. The standard InChI is InChI=1S/C24H20FN3O4/c25-15-4-6-16(7-5-15)27-24(30)28-11-10-18-19(2-1-3-20(18)28)23(29)26-17-8-9-21-22(14-17)32-13-12-31-21/h1-9,14H,10-13H2,(H,26,29)(H,27,30). The number of ether oxygens (including phenoxy) is 2. The minimum absolute atomic E-state index is 0.265. The summed E-state index contributed by atoms with van der Waals surface area (Å²) >= 11 is 0. The first-order chi connectivity index (χ1) is 15.6. The topological polar surface area (TPSA) is 79.9 Å². The molecular formula is C24H20FN3O4. The van der Waals surface area contributed by atoms with Crippen LogP contribution in [-0.4, -0.2) is 31.7 Å². The summed E-state index contributed by atoms with van der Waals surface area (Å²) in [5.74, 6) is 0.608. The molecule has 3 aromatic carbocycles. The molecule has 8 heteroatoms. The molecule has 5 rings (SSSR count). The van der Waals surface area contributed by atoms with Crippen LogP contribution >= 0.6 is 0 Å². The van der Waals surface area contributed by atoms with Crippen LogP contribution in [0.25, 0.3) is 0 Å². The van der Waals surface area contributed by atoms with Crippen molar-refractivity contribution in [1.29, 1.82) is 0 Å². The van der Waals surface area contributed by atoms with Gasteiger partial charge in [0.25, 0.3) is 5.91 Å². The van der Waals surface area contributed by atoms with Gasteiger partial charge in [0.1, 0.15) is 19.0 Å². The van der Waals surface area contributed by atoms with Crippen molar-refractivity contribution in [2.24, 2.45) is 0 Å². The first kappa shape index (κ1) is 19.9. The van der Waals surface area contributed by atoms with E-state index in [-0.39, 0.29) is 17.8 Å². The maximum Gasteiger partial charge on any atom is 0.326 e. The highest BCUT2D eigenvalue weighted by atomic mass is 19.1. The molecule has 0 aliphatic carbocycles. The van der Waals surface area contributed by atoms with Crippen molar-refractivity contribution >= 4 is 29.0 Å². The van der Waals surface area contributed by atoms with Gasteiger partial charge in [-0.25, -0.2) is 9.18 Å². The summed E-state index contributed by atoms with van der Waals surface area (Å²) < 4.78 is 24.2. The van der Waals surface area contributed by atoms with E-state index in [1.807, 2.05) is 6.07 Å². The quantitative estimate of drug-likeness (QED) is 0.640. The van der Waals surface area contributed by atoms with Gasteiger partial charge in [-0.05, 0) is 60.5 Å². The van der Waals surface area contributed by atoms with Gasteiger partial charge in [0.05, 0.1) is 0 Å². The minimum atomic E-state index is -0.372. The van der Waals surface area contributed by atoms with Crippen molar-refractivity contribution in [3.05, 3.63) is 77.6 Å². The molecule has 0 aromatic heterocycles. The molecule has 0 fully saturated rings. The number of carbonyl (C=O) groups excluding carboxylic acids is 2. The van der Waals surface area contributed by atoms with Gasteiger partial charge in [0, 0.05) is 35.2 Å². The molecule has 2 heterocycles. The normalized spacial score (nSPS) is 14.0. The van der Waals surface area contributed by atoms with Crippen molar-refractivity contribution in [2.45, 2.75) is 6.42 Å². The van der Waals surface area contributed by atoms with Crippen LogP contribution in [0.15, 0.2) is 60.7 Å². The number of anilines is 3. The monoisotopic (exact) mass is 433 g/mol. The van der Waals surface area contributed by atoms with Crippen molar-refractivity contribution in [2.75, 3.05) is 35.3 Å². The molecule has 0 unspecified atom stereocenters. The molecule has 3 amide bonds. The molecule has 32 heavy (non-hydrogen) atoms. The molecule has 0 atom stereocenters. The SMILES string of the molecule is O=C(Nc1ccc2c(c1)OCCO2)c1cccc2c1CCN2C(=O)Nc1ccc(F)cc1. The highest BCUT2D eigenvalue weighted by Gasteiger charge is 2.28. The molecule has 3 aromatic rings. The van der Waals surface area contributed by atoms with Crippen LogP contribution in [0.1, 0.15) is 15.9 Å². The third kappa shape index (κ3) is 3.82. The van der Waals surface area contributed by atoms with Crippen LogP contribution in [0.3, 0.4) is 0 Å². The molecular weight excluding hydrogens is 413 g/mol. The maximum atomic E-state index is 13.1. The number of hydrogen-bond donors (Lipinski definition) is 2. The molecule has 0 saturated carbocycles. The molecule has 2 N–H and O–H groups in total. The van der Waals surface area contributed by atoms with Crippen LogP contribution in [0, 0.1) is 5.82 Å². The lowest BCUT2D eigenvalue weighted by Gasteiger charge is -2.19. The van der Waals surface area contributed by atoms with E-state index < -0.39 is 0 Å². The molecule has 0 spiro atoms. The predicted molar refractivity (Wildman–Crippen MR) is 118 cm³/mol. The number of halogens is 1. The van der Waals surface area contributed by atoms with Crippen LogP contribution in [0.5, 0.6) is 11.5 Å². The average molecular weight is 433 g/mol. The Kier molecular flexibility index (Phi) is 5.10. The molecule has 0 bridgehead atoms. The summed E-state index contributed by atoms with van der Waals surface area (Å²) in [5.41, 5.74) is 3.09. The Bertz CT molecular complexity index is 1200. The van der Waals surface area contributed by atoms with Crippen molar-refractivity contribution < 1.29 is 23.5 Å². The van der Waals surface area contributed by atoms with Crippen LogP contribution in [-0.2, 0) is 6.42 Å². The second kappa shape index (κ2) is 8.22. The van der Waals surface area contributed by atoms with Gasteiger partial charge < -0.3 is 20.1 Å². The lowest BCUT2D eigenvalue weighted by atomic mass is 10.0. The van der Waals surface area contributed by atoms with Crippen molar-refractivity contribution in [1.82, 2.24) is 0 Å². The lowest BCUT2D eigenvalue weighted by molar-refractivity contribution is 0.102. The van der Waals surface area contributed by atoms with Crippen molar-refractivity contribution in [3.8, 4) is 11.5 Å². The number of fused-ring (bicyclic) bond motifs is 2. The largest absolute Gasteiger partial charge is 0.486 e. The Morgan fingerprint density at radius 3 is 2.44 bits per heavy atom. The number of urea groups is 1. The average Bonchev–Trinajstić information content (AvgIpc) is 3.25. The number of benzene rings is 3. The second-order valence-electron chi connectivity index (χ2n) is 7.45. The van der Waals surface area contributed by atoms with E-state index in [1.54, 1.807) is 35.2 Å². The third-order valence-corrected chi connectivity index (χ3v) is 5.41. The summed E-state index contributed by atoms with van der Waals surface area (Å²) in [6.45, 7) is 1.41. The van der Waals surface area contributed by atoms with Crippen LogP contribution in [0.2, 0.25) is 0 Å². The summed E-state index contributed by atoms with van der Waals surface area (Å²) in [7, 11) is 0. The third-order valence-electron chi connectivity index (χ3n) is 5.41. The van der Waals surface area contributed by atoms with E-state index in [9.17, 15) is 14.0 Å². The molecule has 0 radical (unpaired) electrons. The maximum absolute atomic E-state index is 13.1. The van der Waals surface area contributed by atoms with Crippen LogP contribution in [0.4, 0.5) is 26.2 Å². The number of amides is 3. The fourth-order valence-electron chi connectivity index (χ4n) is 3.90. The van der Waals surface area contributed by atoms with Crippen LogP contribution < -0.4 is 25.0 Å². The zero-order chi connectivity index (χ0) is 22.1. The molecule has 2 aliphatic rings. The zero-order valence-corrected chi connectivity index (χ0v) is 17.1. The lowest BCUT2D eigenvalue weighted by Crippen LogP contribution is -2.33. The Morgan fingerprint density at radius 1 is 0.875 bits per heavy atom. The predicted octanol–water partition coefficient (Wildman–Crippen LogP) is 4.44. The number of nitrogens with zero attached hydrogens (tertiary/aromatic N) is 1. The van der Waals surface area contributed by atoms with E-state index in [0.29, 0.717) is 60.3 Å². The Balaban J connectivity index is 1.34. The number of nitrogens with one attached hydrogen (secondary N) is 2. The first-order valence-corrected chi connectivity index (χ1v) is 10.3. The van der Waals surface area contributed by atoms with E-state index in [1.165, 1.54) is 24.3 Å². The van der Waals surface area contributed by atoms with Gasteiger partial charge in [-0.15, -0.1) is 0 Å². The highest BCUT2D eigenvalue weighted by molar-refractivity contribution is 6.09. The summed E-state index contributed by atoms with van der Waals surface area (Å²) in [6, 6.07) is 15.8. The highest BCUT2D eigenvalue weighted by Crippen LogP contribution is 2.34. The van der Waals surface area contributed by atoms with Gasteiger partial charge in [-0.1, -0.05) is 6.07 Å². The van der Waals surface area contributed by atoms with E-state index >= 15 is 0 Å².